The number of thiophene rings is 1. The molecule has 0 bridgehead atoms. The lowest BCUT2D eigenvalue weighted by Gasteiger charge is -2.20. The van der Waals surface area contributed by atoms with E-state index < -0.39 is 11.7 Å². The Kier molecular flexibility index (Phi) is 8.38. The molecule has 1 aromatic carbocycles. The highest BCUT2D eigenvalue weighted by atomic mass is 32.1. The molecule has 0 saturated heterocycles. The van der Waals surface area contributed by atoms with E-state index in [0.29, 0.717) is 22.8 Å². The normalized spacial score (nSPS) is 11.1. The van der Waals surface area contributed by atoms with Crippen LogP contribution in [0.4, 0.5) is 16.2 Å². The Morgan fingerprint density at radius 3 is 2.20 bits per heavy atom. The van der Waals surface area contributed by atoms with Crippen molar-refractivity contribution in [3.05, 3.63) is 71.5 Å². The summed E-state index contributed by atoms with van der Waals surface area (Å²) in [5, 5.41) is 5.55. The summed E-state index contributed by atoms with van der Waals surface area (Å²) < 4.78 is 5.29. The molecule has 6 nitrogen and oxygen atoms in total. The maximum Gasteiger partial charge on any atom is 0.412 e. The standard InChI is InChI=1S/C23H29N3O3S/c1-6-14-26(15-7-2)16-17-12-13-20(30-17)21(27)24-18-10-8-9-11-19(18)25-22(28)29-23(3,4)5/h6-13H,1-2,14-16H2,3-5H3,(H,24,27)(H,25,28). The summed E-state index contributed by atoms with van der Waals surface area (Å²) in [5.41, 5.74) is 0.365. The molecule has 0 aliphatic heterocycles. The van der Waals surface area contributed by atoms with Crippen molar-refractivity contribution >= 4 is 34.7 Å². The van der Waals surface area contributed by atoms with Crippen LogP contribution in [0, 0.1) is 0 Å². The molecule has 7 heteroatoms. The van der Waals surface area contributed by atoms with Gasteiger partial charge in [-0.25, -0.2) is 4.79 Å². The Bertz CT molecular complexity index is 889. The summed E-state index contributed by atoms with van der Waals surface area (Å²) in [6.07, 6.45) is 3.12. The van der Waals surface area contributed by atoms with Crippen LogP contribution in [0.1, 0.15) is 35.3 Å². The fourth-order valence-corrected chi connectivity index (χ4v) is 3.62. The van der Waals surface area contributed by atoms with Gasteiger partial charge in [-0.05, 0) is 45.0 Å². The van der Waals surface area contributed by atoms with Gasteiger partial charge in [0.2, 0.25) is 0 Å². The smallest absolute Gasteiger partial charge is 0.412 e. The van der Waals surface area contributed by atoms with Gasteiger partial charge >= 0.3 is 6.09 Å². The van der Waals surface area contributed by atoms with Gasteiger partial charge in [0, 0.05) is 24.5 Å². The molecule has 2 rings (SSSR count). The van der Waals surface area contributed by atoms with Crippen molar-refractivity contribution in [2.24, 2.45) is 0 Å². The zero-order valence-corrected chi connectivity index (χ0v) is 18.6. The monoisotopic (exact) mass is 427 g/mol. The lowest BCUT2D eigenvalue weighted by molar-refractivity contribution is 0.0635. The molecule has 0 radical (unpaired) electrons. The number of rotatable bonds is 9. The lowest BCUT2D eigenvalue weighted by Crippen LogP contribution is -2.27. The summed E-state index contributed by atoms with van der Waals surface area (Å²) in [6.45, 7) is 15.1. The number of anilines is 2. The second-order valence-electron chi connectivity index (χ2n) is 7.66. The molecule has 2 aromatic rings. The van der Waals surface area contributed by atoms with Crippen LogP contribution in [0.2, 0.25) is 0 Å². The van der Waals surface area contributed by atoms with Crippen LogP contribution in [0.5, 0.6) is 0 Å². The molecule has 0 atom stereocenters. The first-order chi connectivity index (χ1) is 14.2. The number of carbonyl (C=O) groups is 2. The van der Waals surface area contributed by atoms with Crippen LogP contribution in [0.25, 0.3) is 0 Å². The lowest BCUT2D eigenvalue weighted by atomic mass is 10.2. The van der Waals surface area contributed by atoms with Crippen LogP contribution in [-0.2, 0) is 11.3 Å². The fourth-order valence-electron chi connectivity index (χ4n) is 2.67. The summed E-state index contributed by atoms with van der Waals surface area (Å²) in [5.74, 6) is -0.233. The molecule has 0 aliphatic rings. The predicted octanol–water partition coefficient (Wildman–Crippen LogP) is 5.52. The number of hydrogen-bond donors (Lipinski definition) is 2. The van der Waals surface area contributed by atoms with Gasteiger partial charge in [0.05, 0.1) is 16.3 Å². The average molecular weight is 428 g/mol. The molecule has 0 unspecified atom stereocenters. The molecule has 2 amide bonds. The first kappa shape index (κ1) is 23.4. The van der Waals surface area contributed by atoms with Gasteiger partial charge in [0.15, 0.2) is 0 Å². The van der Waals surface area contributed by atoms with Crippen molar-refractivity contribution in [1.82, 2.24) is 4.90 Å². The highest BCUT2D eigenvalue weighted by Crippen LogP contribution is 2.25. The minimum atomic E-state index is -0.610. The van der Waals surface area contributed by atoms with E-state index in [2.05, 4.69) is 28.7 Å². The van der Waals surface area contributed by atoms with Gasteiger partial charge in [0.25, 0.3) is 5.91 Å². The second kappa shape index (κ2) is 10.8. The molecule has 30 heavy (non-hydrogen) atoms. The number of para-hydroxylation sites is 2. The van der Waals surface area contributed by atoms with Crippen molar-refractivity contribution in [1.29, 1.82) is 0 Å². The third kappa shape index (κ3) is 7.50. The molecule has 0 fully saturated rings. The third-order valence-electron chi connectivity index (χ3n) is 3.85. The minimum Gasteiger partial charge on any atom is -0.444 e. The van der Waals surface area contributed by atoms with Gasteiger partial charge in [-0.1, -0.05) is 24.3 Å². The van der Waals surface area contributed by atoms with Crippen molar-refractivity contribution in [3.63, 3.8) is 0 Å². The zero-order chi connectivity index (χ0) is 22.1. The molecular formula is C23H29N3O3S. The summed E-state index contributed by atoms with van der Waals surface area (Å²) in [6, 6.07) is 10.8. The van der Waals surface area contributed by atoms with E-state index in [1.54, 1.807) is 51.1 Å². The number of ether oxygens (including phenoxy) is 1. The highest BCUT2D eigenvalue weighted by Gasteiger charge is 2.18. The Balaban J connectivity index is 2.06. The minimum absolute atomic E-state index is 0.233. The number of nitrogens with one attached hydrogen (secondary N) is 2. The maximum atomic E-state index is 12.7. The van der Waals surface area contributed by atoms with Crippen molar-refractivity contribution < 1.29 is 14.3 Å². The van der Waals surface area contributed by atoms with E-state index in [0.717, 1.165) is 18.0 Å². The SMILES string of the molecule is C=CCN(CC=C)Cc1ccc(C(=O)Nc2ccccc2NC(=O)OC(C)(C)C)s1. The van der Waals surface area contributed by atoms with Crippen LogP contribution in [-0.4, -0.2) is 35.6 Å². The molecule has 1 heterocycles. The Hall–Kier alpha value is -2.90. The average Bonchev–Trinajstić information content (AvgIpc) is 3.11. The summed E-state index contributed by atoms with van der Waals surface area (Å²) in [7, 11) is 0. The third-order valence-corrected chi connectivity index (χ3v) is 4.92. The molecule has 2 N–H and O–H groups in total. The Morgan fingerprint density at radius 1 is 1.03 bits per heavy atom. The van der Waals surface area contributed by atoms with Gasteiger partial charge in [-0.15, -0.1) is 24.5 Å². The van der Waals surface area contributed by atoms with Crippen LogP contribution in [0.3, 0.4) is 0 Å². The quantitative estimate of drug-likeness (QED) is 0.517. The highest BCUT2D eigenvalue weighted by molar-refractivity contribution is 7.14. The second-order valence-corrected chi connectivity index (χ2v) is 8.83. The van der Waals surface area contributed by atoms with Crippen molar-refractivity contribution in [2.45, 2.75) is 32.9 Å². The van der Waals surface area contributed by atoms with Crippen LogP contribution < -0.4 is 10.6 Å². The molecule has 1 aromatic heterocycles. The fraction of sp³-hybridized carbons (Fsp3) is 0.304. The summed E-state index contributed by atoms with van der Waals surface area (Å²) >= 11 is 1.43. The maximum absolute atomic E-state index is 12.7. The number of carbonyl (C=O) groups excluding carboxylic acids is 2. The van der Waals surface area contributed by atoms with Gasteiger partial charge < -0.3 is 10.1 Å². The molecular weight excluding hydrogens is 398 g/mol. The van der Waals surface area contributed by atoms with Gasteiger partial charge in [0.1, 0.15) is 5.60 Å². The van der Waals surface area contributed by atoms with E-state index in [-0.39, 0.29) is 5.91 Å². The Labute approximate surface area is 182 Å². The van der Waals surface area contributed by atoms with Gasteiger partial charge in [-0.2, -0.15) is 0 Å². The van der Waals surface area contributed by atoms with Gasteiger partial charge in [-0.3, -0.25) is 15.0 Å². The molecule has 0 aliphatic carbocycles. The van der Waals surface area contributed by atoms with Crippen molar-refractivity contribution in [3.8, 4) is 0 Å². The van der Waals surface area contributed by atoms with E-state index in [1.807, 2.05) is 18.2 Å². The largest absolute Gasteiger partial charge is 0.444 e. The number of hydrogen-bond acceptors (Lipinski definition) is 5. The zero-order valence-electron chi connectivity index (χ0n) is 17.7. The van der Waals surface area contributed by atoms with Crippen molar-refractivity contribution in [2.75, 3.05) is 23.7 Å². The summed E-state index contributed by atoms with van der Waals surface area (Å²) in [4.78, 5) is 28.7. The van der Waals surface area contributed by atoms with E-state index >= 15 is 0 Å². The van der Waals surface area contributed by atoms with Crippen LogP contribution >= 0.6 is 11.3 Å². The first-order valence-electron chi connectivity index (χ1n) is 9.65. The Morgan fingerprint density at radius 2 is 1.63 bits per heavy atom. The van der Waals surface area contributed by atoms with Crippen LogP contribution in [0.15, 0.2) is 61.7 Å². The topological polar surface area (TPSA) is 70.7 Å². The number of nitrogens with zero attached hydrogens (tertiary/aromatic N) is 1. The molecule has 0 saturated carbocycles. The van der Waals surface area contributed by atoms with E-state index in [9.17, 15) is 9.59 Å². The predicted molar refractivity (Wildman–Crippen MR) is 124 cm³/mol. The number of amides is 2. The molecule has 160 valence electrons. The van der Waals surface area contributed by atoms with E-state index in [1.165, 1.54) is 11.3 Å². The van der Waals surface area contributed by atoms with E-state index in [4.69, 9.17) is 4.74 Å². The first-order valence-corrected chi connectivity index (χ1v) is 10.5. The number of benzene rings is 1. The molecule has 0 spiro atoms.